The first-order chi connectivity index (χ1) is 13.1. The molecule has 1 atom stereocenters. The number of nitrogens with zero attached hydrogens (tertiary/aromatic N) is 1. The Bertz CT molecular complexity index is 773. The van der Waals surface area contributed by atoms with Crippen molar-refractivity contribution in [1.82, 2.24) is 15.6 Å². The van der Waals surface area contributed by atoms with Crippen molar-refractivity contribution in [2.24, 2.45) is 5.92 Å². The average Bonchev–Trinajstić information content (AvgIpc) is 3.15. The van der Waals surface area contributed by atoms with E-state index in [2.05, 4.69) is 45.2 Å². The molecule has 0 bridgehead atoms. The highest BCUT2D eigenvalue weighted by Gasteiger charge is 2.21. The summed E-state index contributed by atoms with van der Waals surface area (Å²) in [6.45, 7) is 3.97. The van der Waals surface area contributed by atoms with Crippen LogP contribution in [0.2, 0.25) is 0 Å². The number of piperidine rings is 1. The monoisotopic (exact) mass is 422 g/mol. The van der Waals surface area contributed by atoms with Gasteiger partial charge in [0.25, 0.3) is 0 Å². The molecule has 1 aliphatic rings. The molecule has 2 amide bonds. The van der Waals surface area contributed by atoms with Crippen molar-refractivity contribution in [1.29, 1.82) is 0 Å². The number of anilines is 1. The van der Waals surface area contributed by atoms with E-state index in [1.54, 1.807) is 0 Å². The number of hydrogen-bond donors (Lipinski definition) is 3. The standard InChI is InChI=1S/C20H26N4O2S.ClH/c1-14(25)22-11-2-4-15-6-8-16(9-7-15)18-13-27-20(23-18)24-19(26)17-5-3-10-21-12-17;/h6-9,13,17,21H,2-5,10-12H2,1H3,(H,22,25)(H,23,24,26);1H. The third-order valence-electron chi connectivity index (χ3n) is 4.67. The molecule has 3 rings (SSSR count). The number of halogens is 1. The molecule has 0 spiro atoms. The number of carbonyl (C=O) groups is 2. The molecule has 152 valence electrons. The number of benzene rings is 1. The van der Waals surface area contributed by atoms with E-state index in [0.29, 0.717) is 11.7 Å². The van der Waals surface area contributed by atoms with Crippen LogP contribution in [0.15, 0.2) is 29.6 Å². The molecule has 1 unspecified atom stereocenters. The van der Waals surface area contributed by atoms with Crippen molar-refractivity contribution < 1.29 is 9.59 Å². The molecule has 8 heteroatoms. The Morgan fingerprint density at radius 2 is 2.07 bits per heavy atom. The molecule has 3 N–H and O–H groups in total. The first-order valence-electron chi connectivity index (χ1n) is 9.42. The Morgan fingerprint density at radius 3 is 2.75 bits per heavy atom. The highest BCUT2D eigenvalue weighted by atomic mass is 35.5. The van der Waals surface area contributed by atoms with Crippen LogP contribution in [0.3, 0.4) is 0 Å². The van der Waals surface area contributed by atoms with Gasteiger partial charge in [-0.15, -0.1) is 23.7 Å². The number of aryl methyl sites for hydroxylation is 1. The molecule has 1 aromatic heterocycles. The minimum absolute atomic E-state index is 0. The minimum atomic E-state index is 0. The van der Waals surface area contributed by atoms with Gasteiger partial charge >= 0.3 is 0 Å². The number of aromatic nitrogens is 1. The summed E-state index contributed by atoms with van der Waals surface area (Å²) in [6.07, 6.45) is 3.81. The van der Waals surface area contributed by atoms with E-state index in [1.807, 2.05) is 5.38 Å². The zero-order valence-electron chi connectivity index (χ0n) is 16.0. The lowest BCUT2D eigenvalue weighted by atomic mass is 9.99. The SMILES string of the molecule is CC(=O)NCCCc1ccc(-c2csc(NC(=O)C3CCCNC3)n2)cc1.Cl. The van der Waals surface area contributed by atoms with Gasteiger partial charge in [0.2, 0.25) is 11.8 Å². The normalized spacial score (nSPS) is 16.1. The quantitative estimate of drug-likeness (QED) is 0.598. The number of rotatable bonds is 7. The van der Waals surface area contributed by atoms with Gasteiger partial charge in [-0.05, 0) is 37.8 Å². The Labute approximate surface area is 175 Å². The van der Waals surface area contributed by atoms with Gasteiger partial charge in [-0.25, -0.2) is 4.98 Å². The van der Waals surface area contributed by atoms with Gasteiger partial charge in [0.15, 0.2) is 5.13 Å². The van der Waals surface area contributed by atoms with Crippen molar-refractivity contribution in [3.05, 3.63) is 35.2 Å². The Morgan fingerprint density at radius 1 is 1.29 bits per heavy atom. The van der Waals surface area contributed by atoms with E-state index >= 15 is 0 Å². The van der Waals surface area contributed by atoms with Crippen LogP contribution in [0, 0.1) is 5.92 Å². The smallest absolute Gasteiger partial charge is 0.230 e. The lowest BCUT2D eigenvalue weighted by Crippen LogP contribution is -2.37. The van der Waals surface area contributed by atoms with Crippen LogP contribution in [0.25, 0.3) is 11.3 Å². The number of thiazole rings is 1. The third kappa shape index (κ3) is 6.58. The number of nitrogens with one attached hydrogen (secondary N) is 3. The summed E-state index contributed by atoms with van der Waals surface area (Å²) in [4.78, 5) is 27.7. The van der Waals surface area contributed by atoms with Gasteiger partial charge < -0.3 is 16.0 Å². The summed E-state index contributed by atoms with van der Waals surface area (Å²) in [5.41, 5.74) is 3.15. The zero-order valence-corrected chi connectivity index (χ0v) is 17.6. The van der Waals surface area contributed by atoms with Crippen LogP contribution in [0.4, 0.5) is 5.13 Å². The first-order valence-corrected chi connectivity index (χ1v) is 10.3. The van der Waals surface area contributed by atoms with E-state index < -0.39 is 0 Å². The summed E-state index contributed by atoms with van der Waals surface area (Å²) in [6, 6.07) is 8.29. The highest BCUT2D eigenvalue weighted by molar-refractivity contribution is 7.14. The second-order valence-corrected chi connectivity index (χ2v) is 7.71. The maximum Gasteiger partial charge on any atom is 0.230 e. The molecule has 1 fully saturated rings. The van der Waals surface area contributed by atoms with Gasteiger partial charge in [-0.2, -0.15) is 0 Å². The highest BCUT2D eigenvalue weighted by Crippen LogP contribution is 2.26. The fourth-order valence-corrected chi connectivity index (χ4v) is 3.87. The maximum absolute atomic E-state index is 12.3. The van der Waals surface area contributed by atoms with Crippen LogP contribution in [-0.4, -0.2) is 36.4 Å². The molecule has 2 heterocycles. The molecule has 0 aliphatic carbocycles. The summed E-state index contributed by atoms with van der Waals surface area (Å²) < 4.78 is 0. The van der Waals surface area contributed by atoms with Gasteiger partial charge in [0.1, 0.15) is 0 Å². The molecule has 1 saturated heterocycles. The molecule has 1 aromatic carbocycles. The second-order valence-electron chi connectivity index (χ2n) is 6.85. The molecular formula is C20H27ClN4O2S. The number of carbonyl (C=O) groups excluding carboxylic acids is 2. The fraction of sp³-hybridized carbons (Fsp3) is 0.450. The predicted octanol–water partition coefficient (Wildman–Crippen LogP) is 3.24. The summed E-state index contributed by atoms with van der Waals surface area (Å²) >= 11 is 1.46. The second kappa shape index (κ2) is 11.1. The largest absolute Gasteiger partial charge is 0.356 e. The van der Waals surface area contributed by atoms with Crippen LogP contribution in [0.5, 0.6) is 0 Å². The maximum atomic E-state index is 12.3. The predicted molar refractivity (Wildman–Crippen MR) is 116 cm³/mol. The summed E-state index contributed by atoms with van der Waals surface area (Å²) in [5, 5.41) is 11.6. The van der Waals surface area contributed by atoms with E-state index in [4.69, 9.17) is 0 Å². The number of amides is 2. The van der Waals surface area contributed by atoms with E-state index in [9.17, 15) is 9.59 Å². The van der Waals surface area contributed by atoms with Gasteiger partial charge in [-0.3, -0.25) is 9.59 Å². The van der Waals surface area contributed by atoms with E-state index in [1.165, 1.54) is 23.8 Å². The lowest BCUT2D eigenvalue weighted by Gasteiger charge is -2.21. The van der Waals surface area contributed by atoms with Crippen LogP contribution in [-0.2, 0) is 16.0 Å². The zero-order chi connectivity index (χ0) is 19.1. The molecule has 2 aromatic rings. The van der Waals surface area contributed by atoms with Crippen LogP contribution in [0.1, 0.15) is 31.7 Å². The first kappa shape index (κ1) is 22.3. The Hall–Kier alpha value is -1.96. The van der Waals surface area contributed by atoms with E-state index in [0.717, 1.165) is 50.0 Å². The van der Waals surface area contributed by atoms with Gasteiger partial charge in [-0.1, -0.05) is 24.3 Å². The van der Waals surface area contributed by atoms with Gasteiger partial charge in [0, 0.05) is 31.0 Å². The molecule has 28 heavy (non-hydrogen) atoms. The van der Waals surface area contributed by atoms with Gasteiger partial charge in [0.05, 0.1) is 11.6 Å². The van der Waals surface area contributed by atoms with Crippen molar-refractivity contribution >= 4 is 40.7 Å². The topological polar surface area (TPSA) is 83.1 Å². The molecular weight excluding hydrogens is 396 g/mol. The average molecular weight is 423 g/mol. The van der Waals surface area contributed by atoms with E-state index in [-0.39, 0.29) is 30.1 Å². The third-order valence-corrected chi connectivity index (χ3v) is 5.43. The van der Waals surface area contributed by atoms with Crippen molar-refractivity contribution in [3.63, 3.8) is 0 Å². The fourth-order valence-electron chi connectivity index (χ4n) is 3.15. The summed E-state index contributed by atoms with van der Waals surface area (Å²) in [7, 11) is 0. The molecule has 0 radical (unpaired) electrons. The Kier molecular flexibility index (Phi) is 8.89. The van der Waals surface area contributed by atoms with Crippen molar-refractivity contribution in [3.8, 4) is 11.3 Å². The van der Waals surface area contributed by atoms with Crippen LogP contribution < -0.4 is 16.0 Å². The molecule has 6 nitrogen and oxygen atoms in total. The minimum Gasteiger partial charge on any atom is -0.356 e. The Balaban J connectivity index is 0.00000280. The molecule has 0 saturated carbocycles. The van der Waals surface area contributed by atoms with Crippen LogP contribution >= 0.6 is 23.7 Å². The lowest BCUT2D eigenvalue weighted by molar-refractivity contribution is -0.120. The summed E-state index contributed by atoms with van der Waals surface area (Å²) in [5.74, 6) is 0.0945. The molecule has 1 aliphatic heterocycles. The van der Waals surface area contributed by atoms with Crippen molar-refractivity contribution in [2.75, 3.05) is 25.0 Å². The van der Waals surface area contributed by atoms with Crippen molar-refractivity contribution in [2.45, 2.75) is 32.6 Å². The number of hydrogen-bond acceptors (Lipinski definition) is 5.